The summed E-state index contributed by atoms with van der Waals surface area (Å²) < 4.78 is 26.4. The summed E-state index contributed by atoms with van der Waals surface area (Å²) in [6, 6.07) is 10.9. The number of sulfonamides is 1. The van der Waals surface area contributed by atoms with E-state index in [-0.39, 0.29) is 17.3 Å². The van der Waals surface area contributed by atoms with Crippen molar-refractivity contribution in [1.29, 1.82) is 0 Å². The SMILES string of the molecule is C=CCNS(=O)(=O)c1ccc(C(=O)Nc2ccc3nccnc3c2)cc1. The molecule has 132 valence electrons. The highest BCUT2D eigenvalue weighted by Crippen LogP contribution is 2.17. The maximum atomic E-state index is 12.4. The van der Waals surface area contributed by atoms with Gasteiger partial charge in [0.25, 0.3) is 5.91 Å². The van der Waals surface area contributed by atoms with Crippen LogP contribution in [0.3, 0.4) is 0 Å². The molecule has 3 aromatic rings. The van der Waals surface area contributed by atoms with Gasteiger partial charge >= 0.3 is 0 Å². The van der Waals surface area contributed by atoms with Gasteiger partial charge in [-0.25, -0.2) is 13.1 Å². The first-order valence-corrected chi connectivity index (χ1v) is 9.21. The minimum atomic E-state index is -3.62. The Labute approximate surface area is 150 Å². The van der Waals surface area contributed by atoms with Crippen LogP contribution in [-0.2, 0) is 10.0 Å². The Morgan fingerprint density at radius 1 is 1.04 bits per heavy atom. The Kier molecular flexibility index (Phi) is 5.06. The molecular weight excluding hydrogens is 352 g/mol. The van der Waals surface area contributed by atoms with E-state index in [1.165, 1.54) is 30.3 Å². The topological polar surface area (TPSA) is 101 Å². The van der Waals surface area contributed by atoms with E-state index < -0.39 is 10.0 Å². The normalized spacial score (nSPS) is 11.2. The summed E-state index contributed by atoms with van der Waals surface area (Å²) in [4.78, 5) is 20.8. The van der Waals surface area contributed by atoms with Crippen molar-refractivity contribution in [1.82, 2.24) is 14.7 Å². The standard InChI is InChI=1S/C18H16N4O3S/c1-2-9-21-26(24,25)15-6-3-13(4-7-15)18(23)22-14-5-8-16-17(12-14)20-11-10-19-16/h2-8,10-12,21H,1,9H2,(H,22,23). The molecule has 0 unspecified atom stereocenters. The van der Waals surface area contributed by atoms with Crippen molar-refractivity contribution >= 4 is 32.7 Å². The van der Waals surface area contributed by atoms with Gasteiger partial charge in [0.1, 0.15) is 0 Å². The molecule has 0 spiro atoms. The highest BCUT2D eigenvalue weighted by Gasteiger charge is 2.14. The zero-order valence-corrected chi connectivity index (χ0v) is 14.5. The highest BCUT2D eigenvalue weighted by atomic mass is 32.2. The predicted molar refractivity (Wildman–Crippen MR) is 99.3 cm³/mol. The van der Waals surface area contributed by atoms with E-state index in [9.17, 15) is 13.2 Å². The van der Waals surface area contributed by atoms with Crippen LogP contribution >= 0.6 is 0 Å². The molecule has 1 aromatic heterocycles. The van der Waals surface area contributed by atoms with Gasteiger partial charge in [0, 0.05) is 30.2 Å². The number of carbonyl (C=O) groups excluding carboxylic acids is 1. The molecular formula is C18H16N4O3S. The summed E-state index contributed by atoms with van der Waals surface area (Å²) in [5, 5.41) is 2.76. The molecule has 1 heterocycles. The van der Waals surface area contributed by atoms with Crippen LogP contribution in [-0.4, -0.2) is 30.8 Å². The summed E-state index contributed by atoms with van der Waals surface area (Å²) in [7, 11) is -3.62. The van der Waals surface area contributed by atoms with Crippen LogP contribution in [0, 0.1) is 0 Å². The van der Waals surface area contributed by atoms with Gasteiger partial charge in [0.05, 0.1) is 15.9 Å². The Hall–Kier alpha value is -3.10. The molecule has 2 aromatic carbocycles. The summed E-state index contributed by atoms with van der Waals surface area (Å²) in [5.74, 6) is -0.351. The predicted octanol–water partition coefficient (Wildman–Crippen LogP) is 2.35. The Bertz CT molecular complexity index is 1060. The number of hydrogen-bond donors (Lipinski definition) is 2. The lowest BCUT2D eigenvalue weighted by molar-refractivity contribution is 0.102. The first kappa shape index (κ1) is 17.7. The van der Waals surface area contributed by atoms with Crippen molar-refractivity contribution in [3.05, 3.63) is 73.1 Å². The minimum Gasteiger partial charge on any atom is -0.322 e. The van der Waals surface area contributed by atoms with Crippen LogP contribution in [0.4, 0.5) is 5.69 Å². The largest absolute Gasteiger partial charge is 0.322 e. The van der Waals surface area contributed by atoms with Gasteiger partial charge in [-0.3, -0.25) is 14.8 Å². The number of rotatable bonds is 6. The molecule has 0 aliphatic rings. The molecule has 1 amide bonds. The van der Waals surface area contributed by atoms with Crippen LogP contribution < -0.4 is 10.0 Å². The quantitative estimate of drug-likeness (QED) is 0.651. The van der Waals surface area contributed by atoms with Crippen LogP contribution in [0.25, 0.3) is 11.0 Å². The third-order valence-corrected chi connectivity index (χ3v) is 5.01. The van der Waals surface area contributed by atoms with E-state index in [0.717, 1.165) is 5.52 Å². The molecule has 0 saturated carbocycles. The maximum absolute atomic E-state index is 12.4. The number of nitrogens with one attached hydrogen (secondary N) is 2. The lowest BCUT2D eigenvalue weighted by atomic mass is 10.2. The molecule has 8 heteroatoms. The first-order valence-electron chi connectivity index (χ1n) is 7.72. The number of nitrogens with zero attached hydrogens (tertiary/aromatic N) is 2. The molecule has 0 radical (unpaired) electrons. The second kappa shape index (κ2) is 7.42. The summed E-state index contributed by atoms with van der Waals surface area (Å²) >= 11 is 0. The number of fused-ring (bicyclic) bond motifs is 1. The zero-order valence-electron chi connectivity index (χ0n) is 13.7. The minimum absolute atomic E-state index is 0.0804. The van der Waals surface area contributed by atoms with E-state index in [1.54, 1.807) is 30.6 Å². The molecule has 0 atom stereocenters. The third kappa shape index (κ3) is 3.93. The molecule has 7 nitrogen and oxygen atoms in total. The second-order valence-electron chi connectivity index (χ2n) is 5.38. The molecule has 0 aliphatic heterocycles. The zero-order chi connectivity index (χ0) is 18.6. The van der Waals surface area contributed by atoms with Gasteiger partial charge in [0.2, 0.25) is 10.0 Å². The molecule has 3 rings (SSSR count). The van der Waals surface area contributed by atoms with E-state index >= 15 is 0 Å². The molecule has 0 aliphatic carbocycles. The second-order valence-corrected chi connectivity index (χ2v) is 7.15. The molecule has 2 N–H and O–H groups in total. The highest BCUT2D eigenvalue weighted by molar-refractivity contribution is 7.89. The number of hydrogen-bond acceptors (Lipinski definition) is 5. The molecule has 26 heavy (non-hydrogen) atoms. The van der Waals surface area contributed by atoms with Gasteiger partial charge in [-0.05, 0) is 42.5 Å². The maximum Gasteiger partial charge on any atom is 0.255 e. The molecule has 0 bridgehead atoms. The van der Waals surface area contributed by atoms with E-state index in [0.29, 0.717) is 16.8 Å². The molecule has 0 saturated heterocycles. The Morgan fingerprint density at radius 2 is 1.73 bits per heavy atom. The number of benzene rings is 2. The average Bonchev–Trinajstić information content (AvgIpc) is 2.66. The van der Waals surface area contributed by atoms with Crippen molar-refractivity contribution in [2.75, 3.05) is 11.9 Å². The Morgan fingerprint density at radius 3 is 2.42 bits per heavy atom. The van der Waals surface area contributed by atoms with E-state index in [2.05, 4.69) is 26.6 Å². The summed E-state index contributed by atoms with van der Waals surface area (Å²) in [5.41, 5.74) is 2.31. The van der Waals surface area contributed by atoms with Crippen molar-refractivity contribution in [2.45, 2.75) is 4.90 Å². The van der Waals surface area contributed by atoms with Gasteiger partial charge in [0.15, 0.2) is 0 Å². The summed E-state index contributed by atoms with van der Waals surface area (Å²) in [6.45, 7) is 3.60. The third-order valence-electron chi connectivity index (χ3n) is 3.57. The van der Waals surface area contributed by atoms with Gasteiger partial charge < -0.3 is 5.32 Å². The number of amides is 1. The van der Waals surface area contributed by atoms with Gasteiger partial charge in [-0.1, -0.05) is 6.08 Å². The van der Waals surface area contributed by atoms with Crippen LogP contribution in [0.1, 0.15) is 10.4 Å². The van der Waals surface area contributed by atoms with Crippen molar-refractivity contribution in [2.24, 2.45) is 0 Å². The summed E-state index contributed by atoms with van der Waals surface area (Å²) in [6.07, 6.45) is 4.63. The fourth-order valence-electron chi connectivity index (χ4n) is 2.28. The van der Waals surface area contributed by atoms with E-state index in [4.69, 9.17) is 0 Å². The van der Waals surface area contributed by atoms with Crippen LogP contribution in [0.2, 0.25) is 0 Å². The first-order chi connectivity index (χ1) is 12.5. The molecule has 0 fully saturated rings. The van der Waals surface area contributed by atoms with Crippen molar-refractivity contribution in [3.63, 3.8) is 0 Å². The fourth-order valence-corrected chi connectivity index (χ4v) is 3.28. The van der Waals surface area contributed by atoms with Crippen molar-refractivity contribution < 1.29 is 13.2 Å². The number of carbonyl (C=O) groups is 1. The Balaban J connectivity index is 1.76. The fraction of sp³-hybridized carbons (Fsp3) is 0.0556. The monoisotopic (exact) mass is 368 g/mol. The number of aromatic nitrogens is 2. The van der Waals surface area contributed by atoms with Crippen molar-refractivity contribution in [3.8, 4) is 0 Å². The van der Waals surface area contributed by atoms with Crippen LogP contribution in [0.15, 0.2) is 72.4 Å². The smallest absolute Gasteiger partial charge is 0.255 e. The van der Waals surface area contributed by atoms with E-state index in [1.807, 2.05) is 0 Å². The lowest BCUT2D eigenvalue weighted by Crippen LogP contribution is -2.23. The lowest BCUT2D eigenvalue weighted by Gasteiger charge is -2.08. The van der Waals surface area contributed by atoms with Gasteiger partial charge in [-0.15, -0.1) is 6.58 Å². The number of anilines is 1. The average molecular weight is 368 g/mol. The van der Waals surface area contributed by atoms with Gasteiger partial charge in [-0.2, -0.15) is 0 Å². The van der Waals surface area contributed by atoms with Crippen LogP contribution in [0.5, 0.6) is 0 Å².